The van der Waals surface area contributed by atoms with Gasteiger partial charge in [0.25, 0.3) is 0 Å². The highest BCUT2D eigenvalue weighted by molar-refractivity contribution is 6.00. The molecule has 7 nitrogen and oxygen atoms in total. The van der Waals surface area contributed by atoms with Gasteiger partial charge in [0.05, 0.1) is 11.4 Å². The Hall–Kier alpha value is -2.44. The highest BCUT2D eigenvalue weighted by Gasteiger charge is 2.38. The number of rotatable bonds is 1. The number of hydrogen-bond donors (Lipinski definition) is 1. The summed E-state index contributed by atoms with van der Waals surface area (Å²) in [6.07, 6.45) is 8.64. The fourth-order valence-electron chi connectivity index (χ4n) is 2.74. The second-order valence-electron chi connectivity index (χ2n) is 5.01. The summed E-state index contributed by atoms with van der Waals surface area (Å²) in [6.45, 7) is 0.622. The SMILES string of the molecule is NC(=O)N1C(c2ccncn2)=CC(=O)N2CCCC[CH]C21. The molecule has 3 amide bonds. The Morgan fingerprint density at radius 2 is 2.24 bits per heavy atom. The standard InChI is InChI=1S/C14H16N5O2/c15-14(21)19-11(10-5-6-16-9-17-10)8-13(20)18-7-3-1-2-4-12(18)19/h4-6,8-9,12H,1-3,7H2,(H2,15,21). The Bertz CT molecular complexity index is 586. The van der Waals surface area contributed by atoms with Crippen molar-refractivity contribution in [3.63, 3.8) is 0 Å². The summed E-state index contributed by atoms with van der Waals surface area (Å²) < 4.78 is 0. The summed E-state index contributed by atoms with van der Waals surface area (Å²) in [5, 5.41) is 0. The van der Waals surface area contributed by atoms with E-state index in [0.29, 0.717) is 17.9 Å². The Morgan fingerprint density at radius 1 is 1.38 bits per heavy atom. The van der Waals surface area contributed by atoms with Gasteiger partial charge in [-0.1, -0.05) is 6.42 Å². The number of amides is 3. The quantitative estimate of drug-likeness (QED) is 0.824. The maximum atomic E-state index is 12.3. The van der Waals surface area contributed by atoms with Crippen molar-refractivity contribution in [1.29, 1.82) is 0 Å². The molecule has 1 fully saturated rings. The summed E-state index contributed by atoms with van der Waals surface area (Å²) in [5.74, 6) is -0.121. The molecule has 0 spiro atoms. The Labute approximate surface area is 122 Å². The molecule has 0 aliphatic carbocycles. The van der Waals surface area contributed by atoms with E-state index in [1.54, 1.807) is 17.2 Å². The lowest BCUT2D eigenvalue weighted by Crippen LogP contribution is -2.56. The van der Waals surface area contributed by atoms with Crippen molar-refractivity contribution in [2.45, 2.75) is 25.4 Å². The molecule has 1 aromatic rings. The molecule has 2 aliphatic rings. The van der Waals surface area contributed by atoms with Gasteiger partial charge in [-0.2, -0.15) is 0 Å². The lowest BCUT2D eigenvalue weighted by atomic mass is 10.1. The summed E-state index contributed by atoms with van der Waals surface area (Å²) in [5.41, 5.74) is 6.48. The van der Waals surface area contributed by atoms with Gasteiger partial charge in [-0.25, -0.2) is 14.8 Å². The van der Waals surface area contributed by atoms with Crippen LogP contribution in [0.2, 0.25) is 0 Å². The fourth-order valence-corrected chi connectivity index (χ4v) is 2.74. The normalized spacial score (nSPS) is 22.4. The molecule has 1 aromatic heterocycles. The third kappa shape index (κ3) is 2.46. The van der Waals surface area contributed by atoms with Gasteiger partial charge in [-0.05, 0) is 18.9 Å². The molecule has 1 radical (unpaired) electrons. The molecule has 109 valence electrons. The first kappa shape index (κ1) is 13.5. The van der Waals surface area contributed by atoms with Gasteiger partial charge >= 0.3 is 6.03 Å². The molecule has 3 heterocycles. The monoisotopic (exact) mass is 286 g/mol. The van der Waals surface area contributed by atoms with Gasteiger partial charge in [0.15, 0.2) is 0 Å². The first-order valence-electron chi connectivity index (χ1n) is 6.89. The van der Waals surface area contributed by atoms with E-state index in [4.69, 9.17) is 5.73 Å². The van der Waals surface area contributed by atoms with Gasteiger partial charge in [0, 0.05) is 25.2 Å². The molecule has 2 N–H and O–H groups in total. The van der Waals surface area contributed by atoms with Crippen LogP contribution in [-0.2, 0) is 4.79 Å². The van der Waals surface area contributed by atoms with E-state index in [-0.39, 0.29) is 5.91 Å². The summed E-state index contributed by atoms with van der Waals surface area (Å²) >= 11 is 0. The van der Waals surface area contributed by atoms with Gasteiger partial charge < -0.3 is 10.6 Å². The molecule has 7 heteroatoms. The predicted molar refractivity (Wildman–Crippen MR) is 75.1 cm³/mol. The lowest BCUT2D eigenvalue weighted by molar-refractivity contribution is -0.130. The first-order chi connectivity index (χ1) is 10.2. The first-order valence-corrected chi connectivity index (χ1v) is 6.89. The smallest absolute Gasteiger partial charge is 0.321 e. The number of aromatic nitrogens is 2. The third-order valence-corrected chi connectivity index (χ3v) is 3.70. The maximum absolute atomic E-state index is 12.3. The van der Waals surface area contributed by atoms with E-state index in [1.165, 1.54) is 17.3 Å². The van der Waals surface area contributed by atoms with Crippen molar-refractivity contribution in [3.8, 4) is 0 Å². The lowest BCUT2D eigenvalue weighted by Gasteiger charge is -2.41. The molecule has 0 aromatic carbocycles. The minimum atomic E-state index is -0.597. The van der Waals surface area contributed by atoms with E-state index in [1.807, 2.05) is 6.42 Å². The minimum absolute atomic E-state index is 0.121. The summed E-state index contributed by atoms with van der Waals surface area (Å²) in [6, 6.07) is 1.06. The zero-order chi connectivity index (χ0) is 14.8. The van der Waals surface area contributed by atoms with Gasteiger partial charge in [-0.15, -0.1) is 0 Å². The third-order valence-electron chi connectivity index (χ3n) is 3.70. The Kier molecular flexibility index (Phi) is 3.55. The minimum Gasteiger partial charge on any atom is -0.351 e. The second-order valence-corrected chi connectivity index (χ2v) is 5.01. The maximum Gasteiger partial charge on any atom is 0.321 e. The van der Waals surface area contributed by atoms with Gasteiger partial charge in [-0.3, -0.25) is 9.69 Å². The van der Waals surface area contributed by atoms with Crippen molar-refractivity contribution >= 4 is 17.6 Å². The number of carbonyl (C=O) groups excluding carboxylic acids is 2. The second kappa shape index (κ2) is 5.51. The van der Waals surface area contributed by atoms with Crippen LogP contribution in [0.5, 0.6) is 0 Å². The average Bonchev–Trinajstić information content (AvgIpc) is 2.73. The number of nitrogens with two attached hydrogens (primary N) is 1. The van der Waals surface area contributed by atoms with Crippen molar-refractivity contribution in [2.75, 3.05) is 6.54 Å². The van der Waals surface area contributed by atoms with Crippen molar-refractivity contribution in [2.24, 2.45) is 5.73 Å². The van der Waals surface area contributed by atoms with E-state index < -0.39 is 12.2 Å². The fraction of sp³-hybridized carbons (Fsp3) is 0.357. The molecule has 0 bridgehead atoms. The summed E-state index contributed by atoms with van der Waals surface area (Å²) in [7, 11) is 0. The van der Waals surface area contributed by atoms with Crippen molar-refractivity contribution in [1.82, 2.24) is 19.8 Å². The molecule has 1 atom stereocenters. The number of nitrogens with zero attached hydrogens (tertiary/aromatic N) is 4. The average molecular weight is 286 g/mol. The Balaban J connectivity index is 2.06. The zero-order valence-electron chi connectivity index (χ0n) is 11.5. The van der Waals surface area contributed by atoms with E-state index in [9.17, 15) is 9.59 Å². The van der Waals surface area contributed by atoms with E-state index in [2.05, 4.69) is 9.97 Å². The van der Waals surface area contributed by atoms with Crippen LogP contribution in [-0.4, -0.2) is 44.4 Å². The number of urea groups is 1. The van der Waals surface area contributed by atoms with Crippen LogP contribution >= 0.6 is 0 Å². The van der Waals surface area contributed by atoms with Crippen LogP contribution < -0.4 is 5.73 Å². The summed E-state index contributed by atoms with van der Waals surface area (Å²) in [4.78, 5) is 35.3. The van der Waals surface area contributed by atoms with Crippen molar-refractivity contribution in [3.05, 3.63) is 36.8 Å². The Morgan fingerprint density at radius 3 is 2.95 bits per heavy atom. The van der Waals surface area contributed by atoms with Crippen LogP contribution in [0.25, 0.3) is 5.70 Å². The molecular formula is C14H16N5O2. The van der Waals surface area contributed by atoms with Crippen LogP contribution in [0, 0.1) is 6.42 Å². The molecule has 21 heavy (non-hydrogen) atoms. The van der Waals surface area contributed by atoms with E-state index >= 15 is 0 Å². The molecule has 1 unspecified atom stereocenters. The topological polar surface area (TPSA) is 92.4 Å². The molecule has 3 rings (SSSR count). The number of primary amides is 1. The number of fused-ring (bicyclic) bond motifs is 1. The highest BCUT2D eigenvalue weighted by atomic mass is 16.2. The number of carbonyl (C=O) groups is 2. The number of hydrogen-bond acceptors (Lipinski definition) is 4. The largest absolute Gasteiger partial charge is 0.351 e. The van der Waals surface area contributed by atoms with Crippen LogP contribution in [0.15, 0.2) is 24.7 Å². The van der Waals surface area contributed by atoms with E-state index in [0.717, 1.165) is 19.3 Å². The van der Waals surface area contributed by atoms with Crippen molar-refractivity contribution < 1.29 is 9.59 Å². The van der Waals surface area contributed by atoms with Crippen LogP contribution in [0.4, 0.5) is 4.79 Å². The molecular weight excluding hydrogens is 270 g/mol. The predicted octanol–water partition coefficient (Wildman–Crippen LogP) is 0.755. The molecule has 2 aliphatic heterocycles. The zero-order valence-corrected chi connectivity index (χ0v) is 11.5. The van der Waals surface area contributed by atoms with Crippen LogP contribution in [0.3, 0.4) is 0 Å². The molecule has 1 saturated heterocycles. The highest BCUT2D eigenvalue weighted by Crippen LogP contribution is 2.30. The van der Waals surface area contributed by atoms with Gasteiger partial charge in [0.2, 0.25) is 5.91 Å². The van der Waals surface area contributed by atoms with Crippen LogP contribution in [0.1, 0.15) is 25.0 Å². The van der Waals surface area contributed by atoms with Gasteiger partial charge in [0.1, 0.15) is 12.5 Å². The molecule has 0 saturated carbocycles.